The standard InChI is InChI=1S/C21H21ClFN3O3/c1-12-13(2)25-17(7-24-12)18(27)6-20-9-21(10-20,11-20)26-19(28)8-29-14-3-4-15(22)16(23)5-14/h3-5,7H,6,8-11H2,1-2H3,(H,26,28). The van der Waals surface area contributed by atoms with Gasteiger partial charge in [0.25, 0.3) is 5.91 Å². The largest absolute Gasteiger partial charge is 0.484 e. The molecule has 0 spiro atoms. The molecule has 1 aromatic carbocycles. The van der Waals surface area contributed by atoms with Crippen LogP contribution < -0.4 is 10.1 Å². The first kappa shape index (κ1) is 19.8. The Balaban J connectivity index is 1.25. The first-order chi connectivity index (χ1) is 13.7. The minimum Gasteiger partial charge on any atom is -0.484 e. The number of rotatable bonds is 7. The zero-order valence-electron chi connectivity index (χ0n) is 16.2. The number of benzene rings is 1. The lowest BCUT2D eigenvalue weighted by Gasteiger charge is -2.70. The Bertz CT molecular complexity index is 991. The lowest BCUT2D eigenvalue weighted by Crippen LogP contribution is -2.75. The minimum atomic E-state index is -0.593. The van der Waals surface area contributed by atoms with Crippen LogP contribution in [0.15, 0.2) is 24.4 Å². The van der Waals surface area contributed by atoms with Gasteiger partial charge in [0, 0.05) is 18.0 Å². The fraction of sp³-hybridized carbons (Fsp3) is 0.429. The third kappa shape index (κ3) is 3.83. The second-order valence-corrected chi connectivity index (χ2v) is 8.66. The van der Waals surface area contributed by atoms with E-state index in [2.05, 4.69) is 15.3 Å². The molecule has 0 saturated heterocycles. The molecule has 0 radical (unpaired) electrons. The van der Waals surface area contributed by atoms with E-state index in [4.69, 9.17) is 16.3 Å². The summed E-state index contributed by atoms with van der Waals surface area (Å²) in [6, 6.07) is 4.04. The van der Waals surface area contributed by atoms with Gasteiger partial charge in [-0.2, -0.15) is 0 Å². The third-order valence-electron chi connectivity index (χ3n) is 5.82. The Kier molecular flexibility index (Phi) is 4.81. The molecule has 1 amide bonds. The van der Waals surface area contributed by atoms with Crippen molar-refractivity contribution >= 4 is 23.3 Å². The van der Waals surface area contributed by atoms with Crippen molar-refractivity contribution in [3.63, 3.8) is 0 Å². The highest BCUT2D eigenvalue weighted by Crippen LogP contribution is 2.69. The predicted molar refractivity (Wildman–Crippen MR) is 105 cm³/mol. The Morgan fingerprint density at radius 3 is 2.62 bits per heavy atom. The van der Waals surface area contributed by atoms with Crippen molar-refractivity contribution in [1.82, 2.24) is 15.3 Å². The van der Waals surface area contributed by atoms with E-state index in [1.165, 1.54) is 18.3 Å². The van der Waals surface area contributed by atoms with Crippen molar-refractivity contribution in [2.75, 3.05) is 6.61 Å². The third-order valence-corrected chi connectivity index (χ3v) is 6.13. The van der Waals surface area contributed by atoms with Gasteiger partial charge in [-0.05, 0) is 50.7 Å². The second kappa shape index (κ2) is 7.06. The number of carbonyl (C=O) groups is 2. The summed E-state index contributed by atoms with van der Waals surface area (Å²) >= 11 is 5.62. The maximum atomic E-state index is 13.4. The highest BCUT2D eigenvalue weighted by atomic mass is 35.5. The van der Waals surface area contributed by atoms with Crippen molar-refractivity contribution in [2.24, 2.45) is 5.41 Å². The van der Waals surface area contributed by atoms with Gasteiger partial charge >= 0.3 is 0 Å². The summed E-state index contributed by atoms with van der Waals surface area (Å²) in [4.78, 5) is 33.2. The van der Waals surface area contributed by atoms with Gasteiger partial charge < -0.3 is 10.1 Å². The fourth-order valence-electron chi connectivity index (χ4n) is 4.47. The number of aryl methyl sites for hydroxylation is 2. The number of hydrogen-bond donors (Lipinski definition) is 1. The van der Waals surface area contributed by atoms with Gasteiger partial charge in [-0.25, -0.2) is 9.37 Å². The van der Waals surface area contributed by atoms with Crippen LogP contribution in [0.3, 0.4) is 0 Å². The molecule has 3 aliphatic carbocycles. The number of nitrogens with zero attached hydrogens (tertiary/aromatic N) is 2. The van der Waals surface area contributed by atoms with Crippen molar-refractivity contribution < 1.29 is 18.7 Å². The molecular formula is C21H21ClFN3O3. The summed E-state index contributed by atoms with van der Waals surface area (Å²) in [5, 5.41) is 2.99. The van der Waals surface area contributed by atoms with Crippen LogP contribution in [-0.4, -0.2) is 33.8 Å². The van der Waals surface area contributed by atoms with Gasteiger partial charge in [-0.3, -0.25) is 14.6 Å². The van der Waals surface area contributed by atoms with Crippen LogP contribution in [0.1, 0.15) is 47.6 Å². The lowest BCUT2D eigenvalue weighted by atomic mass is 9.38. The molecule has 0 aliphatic heterocycles. The molecule has 1 heterocycles. The molecule has 2 bridgehead atoms. The number of carbonyl (C=O) groups excluding carboxylic acids is 2. The molecule has 2 aromatic rings. The molecule has 3 saturated carbocycles. The van der Waals surface area contributed by atoms with E-state index >= 15 is 0 Å². The van der Waals surface area contributed by atoms with E-state index in [9.17, 15) is 14.0 Å². The van der Waals surface area contributed by atoms with E-state index in [-0.39, 0.29) is 40.0 Å². The Morgan fingerprint density at radius 1 is 1.24 bits per heavy atom. The van der Waals surface area contributed by atoms with Gasteiger partial charge in [0.05, 0.1) is 22.6 Å². The molecule has 29 heavy (non-hydrogen) atoms. The predicted octanol–water partition coefficient (Wildman–Crippen LogP) is 3.58. The monoisotopic (exact) mass is 417 g/mol. The molecule has 0 atom stereocenters. The van der Waals surface area contributed by atoms with Crippen LogP contribution in [0, 0.1) is 25.1 Å². The number of ketones is 1. The summed E-state index contributed by atoms with van der Waals surface area (Å²) in [6.45, 7) is 3.50. The van der Waals surface area contributed by atoms with E-state index in [1.807, 2.05) is 13.8 Å². The minimum absolute atomic E-state index is 0.00212. The number of amides is 1. The first-order valence-electron chi connectivity index (χ1n) is 9.42. The quantitative estimate of drug-likeness (QED) is 0.696. The van der Waals surface area contributed by atoms with Gasteiger partial charge in [-0.1, -0.05) is 11.6 Å². The summed E-state index contributed by atoms with van der Waals surface area (Å²) < 4.78 is 18.7. The van der Waals surface area contributed by atoms with E-state index in [1.54, 1.807) is 0 Å². The van der Waals surface area contributed by atoms with Crippen LogP contribution in [0.5, 0.6) is 5.75 Å². The number of halogens is 2. The van der Waals surface area contributed by atoms with E-state index in [0.717, 1.165) is 36.7 Å². The number of Topliss-reactive ketones (excluding diaryl/α,β-unsaturated/α-hetero) is 1. The maximum absolute atomic E-state index is 13.4. The maximum Gasteiger partial charge on any atom is 0.258 e. The molecule has 8 heteroatoms. The van der Waals surface area contributed by atoms with Crippen LogP contribution in [0.25, 0.3) is 0 Å². The van der Waals surface area contributed by atoms with Crippen molar-refractivity contribution in [2.45, 2.75) is 45.1 Å². The second-order valence-electron chi connectivity index (χ2n) is 8.25. The zero-order valence-corrected chi connectivity index (χ0v) is 17.0. The van der Waals surface area contributed by atoms with Crippen molar-refractivity contribution in [3.8, 4) is 5.75 Å². The van der Waals surface area contributed by atoms with Gasteiger partial charge in [0.15, 0.2) is 12.4 Å². The summed E-state index contributed by atoms with van der Waals surface area (Å²) in [7, 11) is 0. The number of aromatic nitrogens is 2. The summed E-state index contributed by atoms with van der Waals surface area (Å²) in [5.41, 5.74) is 1.68. The Hall–Kier alpha value is -2.54. The molecule has 1 aromatic heterocycles. The number of ether oxygens (including phenoxy) is 1. The van der Waals surface area contributed by atoms with Crippen LogP contribution in [0.2, 0.25) is 5.02 Å². The topological polar surface area (TPSA) is 81.2 Å². The zero-order chi connectivity index (χ0) is 20.8. The van der Waals surface area contributed by atoms with Crippen LogP contribution in [-0.2, 0) is 4.79 Å². The molecule has 0 unspecified atom stereocenters. The average molecular weight is 418 g/mol. The Labute approximate surface area is 172 Å². The summed E-state index contributed by atoms with van der Waals surface area (Å²) in [6.07, 6.45) is 4.26. The fourth-order valence-corrected chi connectivity index (χ4v) is 4.59. The molecule has 1 N–H and O–H groups in total. The van der Waals surface area contributed by atoms with E-state index in [0.29, 0.717) is 12.1 Å². The first-order valence-corrected chi connectivity index (χ1v) is 9.79. The molecule has 152 valence electrons. The molecular weight excluding hydrogens is 397 g/mol. The molecule has 5 rings (SSSR count). The van der Waals surface area contributed by atoms with Crippen molar-refractivity contribution in [3.05, 3.63) is 52.3 Å². The van der Waals surface area contributed by atoms with Crippen LogP contribution in [0.4, 0.5) is 4.39 Å². The molecule has 3 fully saturated rings. The highest BCUT2D eigenvalue weighted by Gasteiger charge is 2.68. The SMILES string of the molecule is Cc1ncc(C(=O)CC23CC(NC(=O)COc4ccc(Cl)c(F)c4)(C2)C3)nc1C. The van der Waals surface area contributed by atoms with Crippen molar-refractivity contribution in [1.29, 1.82) is 0 Å². The molecule has 3 aliphatic rings. The van der Waals surface area contributed by atoms with E-state index < -0.39 is 5.82 Å². The smallest absolute Gasteiger partial charge is 0.258 e. The van der Waals surface area contributed by atoms with Gasteiger partial charge in [0.2, 0.25) is 0 Å². The normalized spacial score (nSPS) is 24.3. The highest BCUT2D eigenvalue weighted by molar-refractivity contribution is 6.30. The average Bonchev–Trinajstić information content (AvgIpc) is 2.62. The number of hydrogen-bond acceptors (Lipinski definition) is 5. The van der Waals surface area contributed by atoms with Gasteiger partial charge in [0.1, 0.15) is 17.3 Å². The number of nitrogens with one attached hydrogen (secondary N) is 1. The van der Waals surface area contributed by atoms with Gasteiger partial charge in [-0.15, -0.1) is 0 Å². The Morgan fingerprint density at radius 2 is 1.97 bits per heavy atom. The molecule has 6 nitrogen and oxygen atoms in total. The van der Waals surface area contributed by atoms with Crippen LogP contribution >= 0.6 is 11.6 Å². The summed E-state index contributed by atoms with van der Waals surface area (Å²) in [5.74, 6) is -0.617. The lowest BCUT2D eigenvalue weighted by molar-refractivity contribution is -0.164.